The molecule has 38 heavy (non-hydrogen) atoms. The molecule has 2 heterocycles. The van der Waals surface area contributed by atoms with E-state index in [9.17, 15) is 9.90 Å². The Morgan fingerprint density at radius 3 is 2.18 bits per heavy atom. The third-order valence-corrected chi connectivity index (χ3v) is 7.79. The lowest BCUT2D eigenvalue weighted by Crippen LogP contribution is -2.17. The summed E-state index contributed by atoms with van der Waals surface area (Å²) in [5.74, 6) is 0.0542. The van der Waals surface area contributed by atoms with Crippen LogP contribution >= 0.6 is 0 Å². The fraction of sp³-hybridized carbons (Fsp3) is 0.242. The van der Waals surface area contributed by atoms with Crippen molar-refractivity contribution < 1.29 is 23.8 Å². The van der Waals surface area contributed by atoms with Gasteiger partial charge in [0.25, 0.3) is 0 Å². The average molecular weight is 509 g/mol. The minimum atomic E-state index is -0.838. The van der Waals surface area contributed by atoms with Crippen molar-refractivity contribution in [3.05, 3.63) is 106 Å². The minimum Gasteiger partial charge on any atom is -0.492 e. The fourth-order valence-corrected chi connectivity index (χ4v) is 5.78. The second-order valence-electron chi connectivity index (χ2n) is 10.3. The molecule has 0 aliphatic carbocycles. The third-order valence-electron chi connectivity index (χ3n) is 7.79. The molecule has 5 heteroatoms. The van der Waals surface area contributed by atoms with E-state index in [0.29, 0.717) is 36.5 Å². The molecule has 192 valence electrons. The summed E-state index contributed by atoms with van der Waals surface area (Å²) < 4.78 is 28.0. The molecular formula is C33H29FO4. The third kappa shape index (κ3) is 4.32. The van der Waals surface area contributed by atoms with Crippen LogP contribution in [0.3, 0.4) is 0 Å². The lowest BCUT2D eigenvalue weighted by Gasteiger charge is -2.28. The first-order valence-electron chi connectivity index (χ1n) is 13.0. The second-order valence-corrected chi connectivity index (χ2v) is 10.3. The fourth-order valence-electron chi connectivity index (χ4n) is 5.78. The van der Waals surface area contributed by atoms with Crippen molar-refractivity contribution in [1.82, 2.24) is 0 Å². The van der Waals surface area contributed by atoms with Crippen LogP contribution in [0.1, 0.15) is 52.7 Å². The first kappa shape index (κ1) is 24.2. The number of hydrogen-bond acceptors (Lipinski definition) is 3. The van der Waals surface area contributed by atoms with Crippen molar-refractivity contribution in [3.8, 4) is 33.8 Å². The quantitative estimate of drug-likeness (QED) is 0.299. The Hall–Kier alpha value is -4.12. The first-order chi connectivity index (χ1) is 18.4. The van der Waals surface area contributed by atoms with E-state index in [4.69, 9.17) is 9.47 Å². The molecule has 2 aliphatic heterocycles. The topological polar surface area (TPSA) is 55.8 Å². The number of benzene rings is 4. The van der Waals surface area contributed by atoms with Crippen molar-refractivity contribution >= 4 is 5.97 Å². The molecule has 6 rings (SSSR count). The van der Waals surface area contributed by atoms with Gasteiger partial charge in [0.15, 0.2) is 0 Å². The summed E-state index contributed by atoms with van der Waals surface area (Å²) in [5.41, 5.74) is 8.61. The number of carboxylic acid groups (broad SMARTS) is 1. The highest BCUT2D eigenvalue weighted by Gasteiger charge is 2.32. The molecule has 0 bridgehead atoms. The van der Waals surface area contributed by atoms with Gasteiger partial charge in [-0.3, -0.25) is 4.79 Å². The largest absolute Gasteiger partial charge is 0.492 e. The predicted molar refractivity (Wildman–Crippen MR) is 145 cm³/mol. The van der Waals surface area contributed by atoms with E-state index < -0.39 is 12.1 Å². The van der Waals surface area contributed by atoms with E-state index in [1.165, 1.54) is 0 Å². The maximum atomic E-state index is 15.9. The zero-order valence-electron chi connectivity index (χ0n) is 21.5. The van der Waals surface area contributed by atoms with Crippen LogP contribution in [0.2, 0.25) is 0 Å². The van der Waals surface area contributed by atoms with E-state index in [1.54, 1.807) is 6.07 Å². The van der Waals surface area contributed by atoms with Crippen LogP contribution in [0, 0.1) is 19.7 Å². The van der Waals surface area contributed by atoms with E-state index in [0.717, 1.165) is 44.5 Å². The lowest BCUT2D eigenvalue weighted by molar-refractivity contribution is -0.137. The van der Waals surface area contributed by atoms with E-state index in [1.807, 2.05) is 61.5 Å². The summed E-state index contributed by atoms with van der Waals surface area (Å²) in [7, 11) is 0. The summed E-state index contributed by atoms with van der Waals surface area (Å²) in [6.45, 7) is 4.47. The van der Waals surface area contributed by atoms with Crippen LogP contribution < -0.4 is 9.47 Å². The molecule has 4 nitrogen and oxygen atoms in total. The van der Waals surface area contributed by atoms with Crippen LogP contribution in [-0.4, -0.2) is 17.7 Å². The molecule has 0 spiro atoms. The van der Waals surface area contributed by atoms with Gasteiger partial charge in [-0.15, -0.1) is 0 Å². The van der Waals surface area contributed by atoms with Gasteiger partial charge in [-0.1, -0.05) is 48.5 Å². The van der Waals surface area contributed by atoms with E-state index in [2.05, 4.69) is 19.1 Å². The molecule has 0 radical (unpaired) electrons. The number of rotatable bonds is 5. The summed E-state index contributed by atoms with van der Waals surface area (Å²) in [6, 6.07) is 23.7. The SMILES string of the molecule is Cc1ccccc1-c1cc(F)c(C2CCc3cc4c(cc3O2)OCC4CC(=O)O)cc1-c1ccccc1C. The van der Waals surface area contributed by atoms with Crippen LogP contribution in [-0.2, 0) is 11.2 Å². The molecular weight excluding hydrogens is 479 g/mol. The number of carbonyl (C=O) groups is 1. The average Bonchev–Trinajstić information content (AvgIpc) is 3.28. The number of fused-ring (bicyclic) bond motifs is 2. The number of ether oxygens (including phenoxy) is 2. The molecule has 0 saturated carbocycles. The summed E-state index contributed by atoms with van der Waals surface area (Å²) in [6.07, 6.45) is 0.941. The van der Waals surface area contributed by atoms with Gasteiger partial charge < -0.3 is 14.6 Å². The maximum Gasteiger partial charge on any atom is 0.304 e. The number of aryl methyl sites for hydroxylation is 3. The molecule has 0 fully saturated rings. The first-order valence-corrected chi connectivity index (χ1v) is 13.0. The molecule has 0 amide bonds. The zero-order valence-corrected chi connectivity index (χ0v) is 21.5. The van der Waals surface area contributed by atoms with Gasteiger partial charge in [0.1, 0.15) is 23.4 Å². The highest BCUT2D eigenvalue weighted by molar-refractivity contribution is 5.86. The predicted octanol–water partition coefficient (Wildman–Crippen LogP) is 7.79. The molecule has 2 unspecified atom stereocenters. The van der Waals surface area contributed by atoms with E-state index >= 15 is 4.39 Å². The van der Waals surface area contributed by atoms with Gasteiger partial charge in [-0.25, -0.2) is 4.39 Å². The highest BCUT2D eigenvalue weighted by atomic mass is 19.1. The van der Waals surface area contributed by atoms with Crippen LogP contribution in [0.25, 0.3) is 22.3 Å². The van der Waals surface area contributed by atoms with Crippen molar-refractivity contribution in [1.29, 1.82) is 0 Å². The maximum absolute atomic E-state index is 15.9. The minimum absolute atomic E-state index is 0.0371. The summed E-state index contributed by atoms with van der Waals surface area (Å²) in [5, 5.41) is 9.24. The Morgan fingerprint density at radius 2 is 1.53 bits per heavy atom. The number of carboxylic acids is 1. The highest BCUT2D eigenvalue weighted by Crippen LogP contribution is 2.46. The van der Waals surface area contributed by atoms with Gasteiger partial charge in [-0.2, -0.15) is 0 Å². The van der Waals surface area contributed by atoms with Crippen LogP contribution in [0.15, 0.2) is 72.8 Å². The van der Waals surface area contributed by atoms with Gasteiger partial charge in [0, 0.05) is 23.1 Å². The molecule has 1 N–H and O–H groups in total. The normalized spacial score (nSPS) is 17.8. The zero-order chi connectivity index (χ0) is 26.4. The van der Waals surface area contributed by atoms with Crippen molar-refractivity contribution in [2.24, 2.45) is 0 Å². The van der Waals surface area contributed by atoms with E-state index in [-0.39, 0.29) is 18.2 Å². The molecule has 4 aromatic carbocycles. The summed E-state index contributed by atoms with van der Waals surface area (Å²) >= 11 is 0. The monoisotopic (exact) mass is 508 g/mol. The molecule has 0 aromatic heterocycles. The second kappa shape index (κ2) is 9.64. The van der Waals surface area contributed by atoms with Gasteiger partial charge in [0.2, 0.25) is 0 Å². The Morgan fingerprint density at radius 1 is 0.868 bits per heavy atom. The molecule has 0 saturated heterocycles. The standard InChI is InChI=1S/C33H29FO4/c1-19-7-3-5-9-23(19)26-15-28(29(34)16-27(26)24-10-6-4-8-20(24)2)30-12-11-21-13-25-22(14-33(35)36)18-37-32(25)17-31(21)38-30/h3-10,13,15-17,22,30H,11-12,14,18H2,1-2H3,(H,35,36). The lowest BCUT2D eigenvalue weighted by atomic mass is 9.86. The van der Waals surface area contributed by atoms with Crippen molar-refractivity contribution in [2.75, 3.05) is 6.61 Å². The van der Waals surface area contributed by atoms with Crippen molar-refractivity contribution in [2.45, 2.75) is 45.1 Å². The van der Waals surface area contributed by atoms with Crippen LogP contribution in [0.5, 0.6) is 11.5 Å². The Kier molecular flexibility index (Phi) is 6.15. The smallest absolute Gasteiger partial charge is 0.304 e. The number of hydrogen-bond donors (Lipinski definition) is 1. The molecule has 2 atom stereocenters. The molecule has 4 aromatic rings. The van der Waals surface area contributed by atoms with Gasteiger partial charge >= 0.3 is 5.97 Å². The Balaban J connectivity index is 1.40. The Labute approximate surface area is 221 Å². The van der Waals surface area contributed by atoms with Gasteiger partial charge in [-0.05, 0) is 83.8 Å². The van der Waals surface area contributed by atoms with Crippen molar-refractivity contribution in [3.63, 3.8) is 0 Å². The van der Waals surface area contributed by atoms with Gasteiger partial charge in [0.05, 0.1) is 13.0 Å². The summed E-state index contributed by atoms with van der Waals surface area (Å²) in [4.78, 5) is 11.3. The van der Waals surface area contributed by atoms with Crippen LogP contribution in [0.4, 0.5) is 4.39 Å². The Bertz CT molecular complexity index is 1560. The number of halogens is 1. The number of aliphatic carboxylic acids is 1. The molecule has 2 aliphatic rings.